The molecule has 1 aromatic carbocycles. The summed E-state index contributed by atoms with van der Waals surface area (Å²) in [6.07, 6.45) is 0. The van der Waals surface area contributed by atoms with Crippen LogP contribution in [0.1, 0.15) is 45.7 Å². The van der Waals surface area contributed by atoms with Crippen LogP contribution in [0.25, 0.3) is 0 Å². The molecule has 0 saturated heterocycles. The minimum atomic E-state index is -0.525. The molecule has 0 aliphatic carbocycles. The van der Waals surface area contributed by atoms with E-state index in [0.717, 1.165) is 0 Å². The number of rotatable bonds is 4. The Morgan fingerprint density at radius 1 is 0.645 bits per heavy atom. The van der Waals surface area contributed by atoms with Crippen LogP contribution in [0.2, 0.25) is 0 Å². The summed E-state index contributed by atoms with van der Waals surface area (Å²) in [6.45, 7) is 7.55. The van der Waals surface area contributed by atoms with Gasteiger partial charge in [-0.3, -0.25) is 0 Å². The van der Waals surface area contributed by atoms with Crippen molar-refractivity contribution < 1.29 is 42.7 Å². The summed E-state index contributed by atoms with van der Waals surface area (Å²) in [5, 5.41) is 0. The van der Waals surface area contributed by atoms with Gasteiger partial charge in [0.25, 0.3) is 0 Å². The van der Waals surface area contributed by atoms with Crippen molar-refractivity contribution in [2.75, 3.05) is 66.1 Å². The second kappa shape index (κ2) is 14.9. The van der Waals surface area contributed by atoms with E-state index in [0.29, 0.717) is 64.0 Å². The van der Waals surface area contributed by atoms with E-state index in [1.54, 1.807) is 19.9 Å². The highest BCUT2D eigenvalue weighted by Gasteiger charge is 2.21. The number of carbonyl (C=O) groups is 2. The largest absolute Gasteiger partial charge is 0.462 e. The molecule has 1 aliphatic heterocycles. The van der Waals surface area contributed by atoms with Crippen molar-refractivity contribution in [1.29, 1.82) is 0 Å². The van der Waals surface area contributed by atoms with Crippen LogP contribution in [0.15, 0.2) is 12.1 Å². The third-order valence-corrected chi connectivity index (χ3v) is 4.32. The third-order valence-electron chi connectivity index (χ3n) is 4.32. The van der Waals surface area contributed by atoms with Crippen LogP contribution in [0.4, 0.5) is 0 Å². The van der Waals surface area contributed by atoms with Gasteiger partial charge in [-0.25, -0.2) is 9.59 Å². The summed E-state index contributed by atoms with van der Waals surface area (Å²) >= 11 is 0. The molecule has 1 aliphatic rings. The lowest BCUT2D eigenvalue weighted by Crippen LogP contribution is -2.17. The van der Waals surface area contributed by atoms with Crippen LogP contribution < -0.4 is 0 Å². The van der Waals surface area contributed by atoms with Gasteiger partial charge in [-0.05, 0) is 37.1 Å². The molecule has 9 nitrogen and oxygen atoms in total. The maximum atomic E-state index is 12.5. The summed E-state index contributed by atoms with van der Waals surface area (Å²) in [5.74, 6) is -1.05. The van der Waals surface area contributed by atoms with Crippen LogP contribution in [-0.2, 0) is 46.4 Å². The summed E-state index contributed by atoms with van der Waals surface area (Å²) in [4.78, 5) is 25.0. The topological polar surface area (TPSA) is 98.8 Å². The van der Waals surface area contributed by atoms with Crippen LogP contribution >= 0.6 is 0 Å². The fourth-order valence-corrected chi connectivity index (χ4v) is 2.87. The number of hydrogen-bond acceptors (Lipinski definition) is 9. The maximum absolute atomic E-state index is 12.5. The molecular weight excluding hydrogens is 408 g/mol. The van der Waals surface area contributed by atoms with E-state index >= 15 is 0 Å². The average molecular weight is 440 g/mol. The molecule has 1 heterocycles. The molecule has 0 saturated carbocycles. The molecular formula is C22H32O9. The molecule has 0 unspecified atom stereocenters. The van der Waals surface area contributed by atoms with Crippen molar-refractivity contribution in [3.8, 4) is 0 Å². The lowest BCUT2D eigenvalue weighted by atomic mass is 9.98. The highest BCUT2D eigenvalue weighted by atomic mass is 16.6. The second-order valence-corrected chi connectivity index (χ2v) is 6.55. The van der Waals surface area contributed by atoms with E-state index in [9.17, 15) is 9.59 Å². The van der Waals surface area contributed by atoms with Crippen molar-refractivity contribution in [2.24, 2.45) is 0 Å². The quantitative estimate of drug-likeness (QED) is 0.652. The Labute approximate surface area is 182 Å². The zero-order valence-electron chi connectivity index (χ0n) is 18.3. The Morgan fingerprint density at radius 2 is 1.00 bits per heavy atom. The molecule has 0 N–H and O–H groups in total. The molecule has 2 bridgehead atoms. The van der Waals surface area contributed by atoms with E-state index in [2.05, 4.69) is 0 Å². The van der Waals surface area contributed by atoms with Crippen molar-refractivity contribution in [1.82, 2.24) is 0 Å². The van der Waals surface area contributed by atoms with Gasteiger partial charge in [-0.2, -0.15) is 0 Å². The zero-order chi connectivity index (χ0) is 22.3. The lowest BCUT2D eigenvalue weighted by Gasteiger charge is -2.16. The first-order valence-electron chi connectivity index (χ1n) is 10.6. The first-order valence-corrected chi connectivity index (χ1v) is 10.6. The van der Waals surface area contributed by atoms with Gasteiger partial charge in [0.1, 0.15) is 0 Å². The standard InChI is InChI=1S/C22H32O9/c1-3-30-21(23)19-14-20(22(24)31-4-2)18-13-17(19)15-28-11-9-26-7-5-25-6-8-27-10-12-29-16-18/h13-14H,3-12,15-16H2,1-2H3. The Kier molecular flexibility index (Phi) is 12.1. The molecule has 0 radical (unpaired) electrons. The van der Waals surface area contributed by atoms with Gasteiger partial charge in [0.05, 0.1) is 90.4 Å². The molecule has 0 atom stereocenters. The Hall–Kier alpha value is -2.04. The van der Waals surface area contributed by atoms with E-state index < -0.39 is 11.9 Å². The summed E-state index contributed by atoms with van der Waals surface area (Å²) in [5.41, 5.74) is 1.73. The molecule has 0 aromatic heterocycles. The van der Waals surface area contributed by atoms with Gasteiger partial charge in [-0.15, -0.1) is 0 Å². The lowest BCUT2D eigenvalue weighted by molar-refractivity contribution is -0.0146. The number of ether oxygens (including phenoxy) is 7. The minimum absolute atomic E-state index is 0.160. The molecule has 1 aromatic rings. The molecule has 0 amide bonds. The molecule has 2 rings (SSSR count). The van der Waals surface area contributed by atoms with Gasteiger partial charge in [0.15, 0.2) is 0 Å². The van der Waals surface area contributed by atoms with Gasteiger partial charge in [-0.1, -0.05) is 0 Å². The molecule has 9 heteroatoms. The molecule has 31 heavy (non-hydrogen) atoms. The average Bonchev–Trinajstić information content (AvgIpc) is 2.76. The van der Waals surface area contributed by atoms with Gasteiger partial charge in [0, 0.05) is 0 Å². The summed E-state index contributed by atoms with van der Waals surface area (Å²) in [6, 6.07) is 3.23. The predicted octanol–water partition coefficient (Wildman–Crippen LogP) is 2.14. The monoisotopic (exact) mass is 440 g/mol. The first kappa shape index (κ1) is 25.2. The summed E-state index contributed by atoms with van der Waals surface area (Å²) in [7, 11) is 0. The first-order chi connectivity index (χ1) is 15.2. The van der Waals surface area contributed by atoms with Crippen LogP contribution in [0.3, 0.4) is 0 Å². The van der Waals surface area contributed by atoms with Crippen molar-refractivity contribution in [2.45, 2.75) is 27.1 Å². The van der Waals surface area contributed by atoms with Crippen molar-refractivity contribution in [3.63, 3.8) is 0 Å². The highest BCUT2D eigenvalue weighted by molar-refractivity contribution is 5.97. The second-order valence-electron chi connectivity index (χ2n) is 6.55. The summed E-state index contributed by atoms with van der Waals surface area (Å²) < 4.78 is 38.0. The number of esters is 2. The number of carbonyl (C=O) groups excluding carboxylic acids is 2. The fraction of sp³-hybridized carbons (Fsp3) is 0.636. The van der Waals surface area contributed by atoms with Crippen LogP contribution in [0, 0.1) is 0 Å². The number of benzene rings is 1. The molecule has 0 fully saturated rings. The third kappa shape index (κ3) is 8.92. The number of fused-ring (bicyclic) bond motifs is 2. The van der Waals surface area contributed by atoms with E-state index in [1.807, 2.05) is 0 Å². The molecule has 0 spiro atoms. The Balaban J connectivity index is 2.26. The van der Waals surface area contributed by atoms with Gasteiger partial charge < -0.3 is 33.2 Å². The highest BCUT2D eigenvalue weighted by Crippen LogP contribution is 2.22. The van der Waals surface area contributed by atoms with Crippen LogP contribution in [0.5, 0.6) is 0 Å². The van der Waals surface area contributed by atoms with Crippen LogP contribution in [-0.4, -0.2) is 78.0 Å². The fourth-order valence-electron chi connectivity index (χ4n) is 2.87. The van der Waals surface area contributed by atoms with Gasteiger partial charge in [0.2, 0.25) is 0 Å². The minimum Gasteiger partial charge on any atom is -0.462 e. The van der Waals surface area contributed by atoms with E-state index in [1.165, 1.54) is 6.07 Å². The predicted molar refractivity (Wildman–Crippen MR) is 110 cm³/mol. The smallest absolute Gasteiger partial charge is 0.338 e. The van der Waals surface area contributed by atoms with Gasteiger partial charge >= 0.3 is 11.9 Å². The zero-order valence-corrected chi connectivity index (χ0v) is 18.3. The van der Waals surface area contributed by atoms with E-state index in [4.69, 9.17) is 33.2 Å². The SMILES string of the molecule is CCOC(=O)c1cc(C(=O)OCC)c2cc1COCCOCCOCCOCCOC2. The normalized spacial score (nSPS) is 17.2. The van der Waals surface area contributed by atoms with Crippen molar-refractivity contribution >= 4 is 11.9 Å². The van der Waals surface area contributed by atoms with Crippen molar-refractivity contribution in [3.05, 3.63) is 34.4 Å². The Morgan fingerprint density at radius 3 is 1.35 bits per heavy atom. The molecule has 174 valence electrons. The number of hydrogen-bond donors (Lipinski definition) is 0. The van der Waals surface area contributed by atoms with E-state index in [-0.39, 0.29) is 37.6 Å². The maximum Gasteiger partial charge on any atom is 0.338 e. The Bertz CT molecular complexity index is 637.